The highest BCUT2D eigenvalue weighted by molar-refractivity contribution is 8.00. The van der Waals surface area contributed by atoms with Gasteiger partial charge in [0.2, 0.25) is 5.91 Å². The molecule has 2 rings (SSSR count). The standard InChI is InChI=1S/C17H16FNO2S2/c1-11(20)12-3-8-16(15(18)9-12)23-10-17(21)19-13-4-6-14(22-2)7-5-13/h3-9H,10H2,1-2H3,(H,19,21). The molecule has 2 aromatic carbocycles. The van der Waals surface area contributed by atoms with Gasteiger partial charge in [-0.1, -0.05) is 6.07 Å². The molecular weight excluding hydrogens is 333 g/mol. The molecule has 0 spiro atoms. The largest absolute Gasteiger partial charge is 0.325 e. The minimum Gasteiger partial charge on any atom is -0.325 e. The highest BCUT2D eigenvalue weighted by Crippen LogP contribution is 2.23. The number of benzene rings is 2. The van der Waals surface area contributed by atoms with Gasteiger partial charge in [-0.05, 0) is 49.6 Å². The van der Waals surface area contributed by atoms with Gasteiger partial charge >= 0.3 is 0 Å². The van der Waals surface area contributed by atoms with Gasteiger partial charge in [-0.15, -0.1) is 23.5 Å². The summed E-state index contributed by atoms with van der Waals surface area (Å²) in [6.45, 7) is 1.39. The van der Waals surface area contributed by atoms with Gasteiger partial charge in [0.1, 0.15) is 5.82 Å². The summed E-state index contributed by atoms with van der Waals surface area (Å²) in [7, 11) is 0. The Morgan fingerprint density at radius 2 is 1.83 bits per heavy atom. The number of hydrogen-bond acceptors (Lipinski definition) is 4. The quantitative estimate of drug-likeness (QED) is 0.617. The molecule has 0 aliphatic rings. The minimum atomic E-state index is -0.486. The van der Waals surface area contributed by atoms with Crippen molar-refractivity contribution >= 4 is 40.9 Å². The van der Waals surface area contributed by atoms with E-state index in [1.807, 2.05) is 30.5 Å². The van der Waals surface area contributed by atoms with Crippen LogP contribution in [0.25, 0.3) is 0 Å². The number of anilines is 1. The predicted octanol–water partition coefficient (Wildman–Crippen LogP) is 4.48. The van der Waals surface area contributed by atoms with Crippen LogP contribution in [0.4, 0.5) is 10.1 Å². The maximum absolute atomic E-state index is 13.9. The van der Waals surface area contributed by atoms with Crippen LogP contribution in [0.2, 0.25) is 0 Å². The van der Waals surface area contributed by atoms with Crippen LogP contribution in [0, 0.1) is 5.82 Å². The molecule has 0 heterocycles. The molecule has 0 aromatic heterocycles. The lowest BCUT2D eigenvalue weighted by Gasteiger charge is -2.07. The highest BCUT2D eigenvalue weighted by atomic mass is 32.2. The second-order valence-corrected chi connectivity index (χ2v) is 6.66. The van der Waals surface area contributed by atoms with Gasteiger partial charge in [0.15, 0.2) is 5.78 Å². The topological polar surface area (TPSA) is 46.2 Å². The normalized spacial score (nSPS) is 10.4. The maximum Gasteiger partial charge on any atom is 0.234 e. The molecule has 0 radical (unpaired) electrons. The number of thioether (sulfide) groups is 2. The zero-order valence-electron chi connectivity index (χ0n) is 12.8. The molecule has 0 aliphatic carbocycles. The fraction of sp³-hybridized carbons (Fsp3) is 0.176. The Balaban J connectivity index is 1.92. The van der Waals surface area contributed by atoms with Crippen molar-refractivity contribution in [3.8, 4) is 0 Å². The van der Waals surface area contributed by atoms with Gasteiger partial charge in [0.25, 0.3) is 0 Å². The van der Waals surface area contributed by atoms with E-state index in [4.69, 9.17) is 0 Å². The lowest BCUT2D eigenvalue weighted by Crippen LogP contribution is -2.14. The first kappa shape index (κ1) is 17.6. The molecule has 1 N–H and O–H groups in total. The van der Waals surface area contributed by atoms with Crippen molar-refractivity contribution in [3.63, 3.8) is 0 Å². The average molecular weight is 349 g/mol. The van der Waals surface area contributed by atoms with Crippen LogP contribution in [0.15, 0.2) is 52.3 Å². The third-order valence-corrected chi connectivity index (χ3v) is 4.86. The number of Topliss-reactive ketones (excluding diaryl/α,β-unsaturated/α-hetero) is 1. The number of carbonyl (C=O) groups excluding carboxylic acids is 2. The van der Waals surface area contributed by atoms with Crippen molar-refractivity contribution < 1.29 is 14.0 Å². The van der Waals surface area contributed by atoms with Crippen molar-refractivity contribution in [2.24, 2.45) is 0 Å². The van der Waals surface area contributed by atoms with Gasteiger partial charge in [0, 0.05) is 21.0 Å². The maximum atomic E-state index is 13.9. The SMILES string of the molecule is CSc1ccc(NC(=O)CSc2ccc(C(C)=O)cc2F)cc1. The zero-order chi connectivity index (χ0) is 16.8. The van der Waals surface area contributed by atoms with Crippen LogP contribution >= 0.6 is 23.5 Å². The summed E-state index contributed by atoms with van der Waals surface area (Å²) in [6, 6.07) is 11.8. The molecule has 0 aliphatic heterocycles. The summed E-state index contributed by atoms with van der Waals surface area (Å²) in [5, 5.41) is 2.77. The van der Waals surface area contributed by atoms with Crippen molar-refractivity contribution in [2.75, 3.05) is 17.3 Å². The molecule has 0 saturated heterocycles. The van der Waals surface area contributed by atoms with Crippen molar-refractivity contribution in [1.29, 1.82) is 0 Å². The summed E-state index contributed by atoms with van der Waals surface area (Å²) in [5.41, 5.74) is 1.03. The second kappa shape index (κ2) is 8.17. The van der Waals surface area contributed by atoms with Crippen LogP contribution in [-0.2, 0) is 4.79 Å². The predicted molar refractivity (Wildman–Crippen MR) is 94.0 cm³/mol. The lowest BCUT2D eigenvalue weighted by molar-refractivity contribution is -0.113. The van der Waals surface area contributed by atoms with Crippen molar-refractivity contribution in [3.05, 3.63) is 53.8 Å². The number of ketones is 1. The van der Waals surface area contributed by atoms with Crippen LogP contribution in [0.5, 0.6) is 0 Å². The number of carbonyl (C=O) groups is 2. The molecule has 0 saturated carbocycles. The molecule has 3 nitrogen and oxygen atoms in total. The van der Waals surface area contributed by atoms with Crippen molar-refractivity contribution in [2.45, 2.75) is 16.7 Å². The van der Waals surface area contributed by atoms with E-state index in [0.29, 0.717) is 16.1 Å². The van der Waals surface area contributed by atoms with Crippen molar-refractivity contribution in [1.82, 2.24) is 0 Å². The van der Waals surface area contributed by atoms with Crippen LogP contribution in [0.3, 0.4) is 0 Å². The molecule has 0 atom stereocenters. The molecule has 23 heavy (non-hydrogen) atoms. The number of nitrogens with one attached hydrogen (secondary N) is 1. The summed E-state index contributed by atoms with van der Waals surface area (Å²) < 4.78 is 13.9. The lowest BCUT2D eigenvalue weighted by atomic mass is 10.1. The molecule has 0 fully saturated rings. The Labute approximate surface area is 143 Å². The minimum absolute atomic E-state index is 0.0978. The fourth-order valence-corrected chi connectivity index (χ4v) is 2.98. The van der Waals surface area contributed by atoms with Gasteiger partial charge in [0.05, 0.1) is 5.75 Å². The van der Waals surface area contributed by atoms with Gasteiger partial charge < -0.3 is 5.32 Å². The zero-order valence-corrected chi connectivity index (χ0v) is 14.4. The monoisotopic (exact) mass is 349 g/mol. The molecule has 2 aromatic rings. The average Bonchev–Trinajstić information content (AvgIpc) is 2.54. The first-order valence-corrected chi connectivity index (χ1v) is 9.08. The van der Waals surface area contributed by atoms with Gasteiger partial charge in [-0.25, -0.2) is 4.39 Å². The summed E-state index contributed by atoms with van der Waals surface area (Å²) >= 11 is 2.73. The van der Waals surface area contributed by atoms with E-state index in [-0.39, 0.29) is 17.4 Å². The Morgan fingerprint density at radius 1 is 1.13 bits per heavy atom. The number of hydrogen-bond donors (Lipinski definition) is 1. The molecule has 0 unspecified atom stereocenters. The Bertz CT molecular complexity index is 717. The van der Waals surface area contributed by atoms with Gasteiger partial charge in [-0.3, -0.25) is 9.59 Å². The van der Waals surface area contributed by atoms with E-state index >= 15 is 0 Å². The molecule has 6 heteroatoms. The number of halogens is 1. The summed E-state index contributed by atoms with van der Waals surface area (Å²) in [6.07, 6.45) is 1.98. The van der Waals surface area contributed by atoms with E-state index in [1.165, 1.54) is 19.1 Å². The molecule has 0 bridgehead atoms. The van der Waals surface area contributed by atoms with Crippen LogP contribution in [0.1, 0.15) is 17.3 Å². The Hall–Kier alpha value is -1.79. The third kappa shape index (κ3) is 5.11. The first-order chi connectivity index (χ1) is 11.0. The van der Waals surface area contributed by atoms with E-state index in [9.17, 15) is 14.0 Å². The number of rotatable bonds is 6. The van der Waals surface area contributed by atoms with E-state index in [1.54, 1.807) is 17.8 Å². The molecule has 1 amide bonds. The van der Waals surface area contributed by atoms with E-state index < -0.39 is 5.82 Å². The smallest absolute Gasteiger partial charge is 0.234 e. The van der Waals surface area contributed by atoms with E-state index in [0.717, 1.165) is 16.7 Å². The molecule has 120 valence electrons. The fourth-order valence-electron chi connectivity index (χ4n) is 1.85. The first-order valence-electron chi connectivity index (χ1n) is 6.87. The summed E-state index contributed by atoms with van der Waals surface area (Å²) in [5.74, 6) is -0.783. The third-order valence-electron chi connectivity index (χ3n) is 3.07. The Kier molecular flexibility index (Phi) is 6.24. The summed E-state index contributed by atoms with van der Waals surface area (Å²) in [4.78, 5) is 24.6. The van der Waals surface area contributed by atoms with Gasteiger partial charge in [-0.2, -0.15) is 0 Å². The Morgan fingerprint density at radius 3 is 2.39 bits per heavy atom. The van der Waals surface area contributed by atoms with Crippen LogP contribution in [-0.4, -0.2) is 23.7 Å². The number of amides is 1. The molecular formula is C17H16FNO2S2. The highest BCUT2D eigenvalue weighted by Gasteiger charge is 2.09. The van der Waals surface area contributed by atoms with Crippen LogP contribution < -0.4 is 5.32 Å². The van der Waals surface area contributed by atoms with E-state index in [2.05, 4.69) is 5.32 Å². The second-order valence-electron chi connectivity index (χ2n) is 4.77.